The van der Waals surface area contributed by atoms with E-state index in [1.165, 1.54) is 19.3 Å². The first-order valence-corrected chi connectivity index (χ1v) is 7.78. The Morgan fingerprint density at radius 3 is 2.53 bits per heavy atom. The second-order valence-electron chi connectivity index (χ2n) is 6.53. The van der Waals surface area contributed by atoms with Crippen LogP contribution in [0.25, 0.3) is 0 Å². The van der Waals surface area contributed by atoms with Crippen LogP contribution >= 0.6 is 0 Å². The third-order valence-electron chi connectivity index (χ3n) is 5.11. The molecular weight excluding hydrogens is 240 g/mol. The Morgan fingerprint density at radius 1 is 1.05 bits per heavy atom. The number of nitrogens with zero attached hydrogens (tertiary/aromatic N) is 1. The van der Waals surface area contributed by atoms with Gasteiger partial charge in [0.2, 0.25) is 0 Å². The van der Waals surface area contributed by atoms with Gasteiger partial charge in [0.25, 0.3) is 0 Å². The Morgan fingerprint density at radius 2 is 1.79 bits per heavy atom. The van der Waals surface area contributed by atoms with Crippen molar-refractivity contribution >= 4 is 11.8 Å². The smallest absolute Gasteiger partial charge is 0.312 e. The van der Waals surface area contributed by atoms with E-state index in [0.717, 1.165) is 32.2 Å². The first-order chi connectivity index (χ1) is 9.16. The lowest BCUT2D eigenvalue weighted by molar-refractivity contribution is -0.151. The maximum atomic E-state index is 12.3. The summed E-state index contributed by atoms with van der Waals surface area (Å²) in [7, 11) is 0. The van der Waals surface area contributed by atoms with Gasteiger partial charge in [0.1, 0.15) is 0 Å². The Kier molecular flexibility index (Phi) is 3.50. The molecule has 3 aliphatic rings. The molecule has 1 N–H and O–H groups in total. The third-order valence-corrected chi connectivity index (χ3v) is 5.11. The predicted molar refractivity (Wildman–Crippen MR) is 72.4 cm³/mol. The number of rotatable bonds is 1. The number of fused-ring (bicyclic) bond motifs is 1. The molecule has 0 bridgehead atoms. The molecule has 2 aliphatic carbocycles. The minimum Gasteiger partial charge on any atom is -0.345 e. The average Bonchev–Trinajstić information content (AvgIpc) is 3.23. The minimum atomic E-state index is -0.374. The highest BCUT2D eigenvalue weighted by Gasteiger charge is 2.41. The van der Waals surface area contributed by atoms with Gasteiger partial charge in [-0.3, -0.25) is 9.59 Å². The number of likely N-dealkylation sites (tertiary alicyclic amines) is 1. The summed E-state index contributed by atoms with van der Waals surface area (Å²) >= 11 is 0. The molecule has 19 heavy (non-hydrogen) atoms. The van der Waals surface area contributed by atoms with Crippen molar-refractivity contribution in [3.63, 3.8) is 0 Å². The van der Waals surface area contributed by atoms with E-state index < -0.39 is 0 Å². The molecule has 0 aromatic heterocycles. The maximum absolute atomic E-state index is 12.3. The highest BCUT2D eigenvalue weighted by Crippen LogP contribution is 2.38. The van der Waals surface area contributed by atoms with Gasteiger partial charge >= 0.3 is 11.8 Å². The van der Waals surface area contributed by atoms with Crippen LogP contribution in [0.15, 0.2) is 0 Å². The Bertz CT molecular complexity index is 378. The van der Waals surface area contributed by atoms with Crippen LogP contribution in [0.4, 0.5) is 0 Å². The molecule has 3 fully saturated rings. The summed E-state index contributed by atoms with van der Waals surface area (Å²) in [6.07, 6.45) is 7.88. The first-order valence-electron chi connectivity index (χ1n) is 7.78. The monoisotopic (exact) mass is 264 g/mol. The summed E-state index contributed by atoms with van der Waals surface area (Å²) in [5.74, 6) is 0.651. The van der Waals surface area contributed by atoms with Crippen molar-refractivity contribution in [1.82, 2.24) is 10.2 Å². The lowest BCUT2D eigenvalue weighted by Gasteiger charge is -2.47. The first kappa shape index (κ1) is 12.9. The topological polar surface area (TPSA) is 49.4 Å². The third kappa shape index (κ3) is 2.63. The molecule has 1 heterocycles. The van der Waals surface area contributed by atoms with Gasteiger partial charge in [-0.1, -0.05) is 19.8 Å². The van der Waals surface area contributed by atoms with Crippen molar-refractivity contribution in [3.05, 3.63) is 0 Å². The molecule has 106 valence electrons. The fourth-order valence-corrected chi connectivity index (χ4v) is 3.77. The predicted octanol–water partition coefficient (Wildman–Crippen LogP) is 1.69. The van der Waals surface area contributed by atoms with Crippen molar-refractivity contribution in [1.29, 1.82) is 0 Å². The normalized spacial score (nSPS) is 34.6. The van der Waals surface area contributed by atoms with Crippen LogP contribution < -0.4 is 5.32 Å². The van der Waals surface area contributed by atoms with E-state index in [1.54, 1.807) is 0 Å². The van der Waals surface area contributed by atoms with Crippen LogP contribution in [-0.2, 0) is 9.59 Å². The zero-order valence-electron chi connectivity index (χ0n) is 11.7. The van der Waals surface area contributed by atoms with E-state index in [-0.39, 0.29) is 17.9 Å². The standard InChI is InChI=1S/C15H24N2O2/c1-10-8-9-17(13-5-3-2-4-12(10)13)15(19)14(18)16-11-6-7-11/h10-13H,2-9H2,1H3,(H,16,18)/t10-,12-,13-/m1/s1. The number of amides is 2. The molecule has 4 nitrogen and oxygen atoms in total. The second kappa shape index (κ2) is 5.14. The van der Waals surface area contributed by atoms with Crippen LogP contribution in [0, 0.1) is 11.8 Å². The summed E-state index contributed by atoms with van der Waals surface area (Å²) in [5, 5.41) is 2.83. The molecular formula is C15H24N2O2. The van der Waals surface area contributed by atoms with E-state index in [9.17, 15) is 9.59 Å². The van der Waals surface area contributed by atoms with E-state index in [4.69, 9.17) is 0 Å². The van der Waals surface area contributed by atoms with Crippen molar-refractivity contribution in [3.8, 4) is 0 Å². The summed E-state index contributed by atoms with van der Waals surface area (Å²) in [4.78, 5) is 26.2. The van der Waals surface area contributed by atoms with Crippen LogP contribution in [0.3, 0.4) is 0 Å². The molecule has 0 radical (unpaired) electrons. The molecule has 0 spiro atoms. The average molecular weight is 264 g/mol. The number of piperidine rings is 1. The van der Waals surface area contributed by atoms with Gasteiger partial charge in [-0.15, -0.1) is 0 Å². The summed E-state index contributed by atoms with van der Waals surface area (Å²) in [6, 6.07) is 0.581. The zero-order chi connectivity index (χ0) is 13.4. The van der Waals surface area contributed by atoms with Gasteiger partial charge in [0.15, 0.2) is 0 Å². The van der Waals surface area contributed by atoms with Crippen molar-refractivity contribution in [2.75, 3.05) is 6.54 Å². The highest BCUT2D eigenvalue weighted by molar-refractivity contribution is 6.35. The van der Waals surface area contributed by atoms with E-state index in [2.05, 4.69) is 12.2 Å². The second-order valence-corrected chi connectivity index (χ2v) is 6.53. The molecule has 1 aliphatic heterocycles. The van der Waals surface area contributed by atoms with Gasteiger partial charge in [0.05, 0.1) is 0 Å². The summed E-state index contributed by atoms with van der Waals surface area (Å²) in [5.41, 5.74) is 0. The van der Waals surface area contributed by atoms with E-state index in [1.807, 2.05) is 4.90 Å². The van der Waals surface area contributed by atoms with Crippen LogP contribution in [-0.4, -0.2) is 35.3 Å². The van der Waals surface area contributed by atoms with Gasteiger partial charge in [-0.05, 0) is 43.9 Å². The maximum Gasteiger partial charge on any atom is 0.312 e. The number of hydrogen-bond acceptors (Lipinski definition) is 2. The largest absolute Gasteiger partial charge is 0.345 e. The fraction of sp³-hybridized carbons (Fsp3) is 0.867. The number of carbonyl (C=O) groups is 2. The molecule has 2 saturated carbocycles. The molecule has 0 aromatic carbocycles. The summed E-state index contributed by atoms with van der Waals surface area (Å²) < 4.78 is 0. The lowest BCUT2D eigenvalue weighted by atomic mass is 9.72. The number of carbonyl (C=O) groups excluding carboxylic acids is 2. The zero-order valence-corrected chi connectivity index (χ0v) is 11.7. The fourth-order valence-electron chi connectivity index (χ4n) is 3.77. The number of nitrogens with one attached hydrogen (secondary N) is 1. The Hall–Kier alpha value is -1.06. The van der Waals surface area contributed by atoms with Gasteiger partial charge < -0.3 is 10.2 Å². The lowest BCUT2D eigenvalue weighted by Crippen LogP contribution is -2.56. The molecule has 3 rings (SSSR count). The minimum absolute atomic E-state index is 0.266. The van der Waals surface area contributed by atoms with Gasteiger partial charge in [-0.25, -0.2) is 0 Å². The van der Waals surface area contributed by atoms with Crippen molar-refractivity contribution in [2.24, 2.45) is 11.8 Å². The number of hydrogen-bond donors (Lipinski definition) is 1. The Balaban J connectivity index is 1.68. The van der Waals surface area contributed by atoms with E-state index in [0.29, 0.717) is 17.9 Å². The quantitative estimate of drug-likeness (QED) is 0.733. The molecule has 4 heteroatoms. The van der Waals surface area contributed by atoms with Crippen LogP contribution in [0.2, 0.25) is 0 Å². The van der Waals surface area contributed by atoms with Crippen molar-refractivity contribution < 1.29 is 9.59 Å². The molecule has 2 amide bonds. The van der Waals surface area contributed by atoms with Gasteiger partial charge in [-0.2, -0.15) is 0 Å². The van der Waals surface area contributed by atoms with E-state index >= 15 is 0 Å². The molecule has 0 unspecified atom stereocenters. The molecule has 3 atom stereocenters. The summed E-state index contributed by atoms with van der Waals surface area (Å²) in [6.45, 7) is 3.06. The highest BCUT2D eigenvalue weighted by atomic mass is 16.2. The SMILES string of the molecule is C[C@@H]1CCN(C(=O)C(=O)NC2CC2)[C@@H]2CCCC[C@H]12. The van der Waals surface area contributed by atoms with Gasteiger partial charge in [0, 0.05) is 18.6 Å². The Labute approximate surface area is 114 Å². The van der Waals surface area contributed by atoms with Crippen LogP contribution in [0.5, 0.6) is 0 Å². The van der Waals surface area contributed by atoms with Crippen LogP contribution in [0.1, 0.15) is 51.9 Å². The molecule has 0 aromatic rings. The molecule has 1 saturated heterocycles. The van der Waals surface area contributed by atoms with Crippen molar-refractivity contribution in [2.45, 2.75) is 64.0 Å².